The van der Waals surface area contributed by atoms with E-state index in [1.807, 2.05) is 6.07 Å². The van der Waals surface area contributed by atoms with Gasteiger partial charge in [-0.05, 0) is 71.7 Å². The second-order valence-corrected chi connectivity index (χ2v) is 8.99. The molecule has 1 heterocycles. The van der Waals surface area contributed by atoms with Crippen LogP contribution in [0.1, 0.15) is 28.3 Å². The van der Waals surface area contributed by atoms with Gasteiger partial charge in [0.25, 0.3) is 0 Å². The Morgan fingerprint density at radius 3 is 2.25 bits per heavy atom. The maximum Gasteiger partial charge on any atom is 0.416 e. The molecule has 0 saturated carbocycles. The Morgan fingerprint density at radius 1 is 0.900 bits per heavy atom. The van der Waals surface area contributed by atoms with E-state index < -0.39 is 17.8 Å². The van der Waals surface area contributed by atoms with Crippen LogP contribution in [0.5, 0.6) is 28.7 Å². The van der Waals surface area contributed by atoms with Gasteiger partial charge in [-0.3, -0.25) is 4.79 Å². The number of carbonyl (C=O) groups excluding carboxylic acids is 1. The fourth-order valence-corrected chi connectivity index (χ4v) is 4.63. The van der Waals surface area contributed by atoms with Crippen LogP contribution < -0.4 is 23.7 Å². The molecule has 0 bridgehead atoms. The molecule has 0 aliphatic carbocycles. The predicted octanol–water partition coefficient (Wildman–Crippen LogP) is 5.96. The first-order valence-electron chi connectivity index (χ1n) is 12.4. The molecular formula is C30H30F3NO6. The maximum absolute atomic E-state index is 13.5. The van der Waals surface area contributed by atoms with Gasteiger partial charge in [-0.2, -0.15) is 13.2 Å². The van der Waals surface area contributed by atoms with E-state index in [0.717, 1.165) is 28.8 Å². The van der Waals surface area contributed by atoms with Gasteiger partial charge in [-0.1, -0.05) is 12.1 Å². The van der Waals surface area contributed by atoms with Crippen molar-refractivity contribution < 1.29 is 41.7 Å². The van der Waals surface area contributed by atoms with Crippen molar-refractivity contribution in [2.24, 2.45) is 0 Å². The lowest BCUT2D eigenvalue weighted by molar-refractivity contribution is -0.137. The van der Waals surface area contributed by atoms with E-state index >= 15 is 0 Å². The summed E-state index contributed by atoms with van der Waals surface area (Å²) in [6.07, 6.45) is -0.841. The highest BCUT2D eigenvalue weighted by molar-refractivity contribution is 5.92. The standard InChI is InChI=1S/C30H30F3NO6/c1-36-25-10-8-19(14-26(25)37-2)9-11-29(35)34-13-12-20-15-27(38-3)28(39-4)17-23(20)24(34)18-40-22-7-5-6-21(16-22)30(31,32)33/h5-11,14-17,24H,12-13,18H2,1-4H3/b11-9+. The third kappa shape index (κ3) is 6.27. The number of benzene rings is 3. The number of carbonyl (C=O) groups is 1. The summed E-state index contributed by atoms with van der Waals surface area (Å²) in [4.78, 5) is 15.1. The molecular weight excluding hydrogens is 527 g/mol. The molecule has 0 radical (unpaired) electrons. The Balaban J connectivity index is 1.64. The third-order valence-corrected chi connectivity index (χ3v) is 6.68. The summed E-state index contributed by atoms with van der Waals surface area (Å²) in [7, 11) is 6.11. The van der Waals surface area contributed by atoms with E-state index in [1.165, 1.54) is 46.6 Å². The Hall–Kier alpha value is -4.34. The van der Waals surface area contributed by atoms with Crippen molar-refractivity contribution in [1.29, 1.82) is 0 Å². The zero-order valence-corrected chi connectivity index (χ0v) is 22.6. The first kappa shape index (κ1) is 28.7. The van der Waals surface area contributed by atoms with Crippen molar-refractivity contribution in [3.05, 3.63) is 82.9 Å². The number of rotatable bonds is 9. The number of hydrogen-bond donors (Lipinski definition) is 0. The number of fused-ring (bicyclic) bond motifs is 1. The van der Waals surface area contributed by atoms with E-state index in [2.05, 4.69) is 0 Å². The molecule has 1 amide bonds. The minimum atomic E-state index is -4.50. The summed E-state index contributed by atoms with van der Waals surface area (Å²) < 4.78 is 67.1. The van der Waals surface area contributed by atoms with E-state index in [0.29, 0.717) is 36.0 Å². The molecule has 10 heteroatoms. The van der Waals surface area contributed by atoms with Gasteiger partial charge in [0.05, 0.1) is 40.0 Å². The molecule has 1 aliphatic rings. The topological polar surface area (TPSA) is 66.5 Å². The van der Waals surface area contributed by atoms with Gasteiger partial charge in [0.15, 0.2) is 23.0 Å². The van der Waals surface area contributed by atoms with Gasteiger partial charge in [0, 0.05) is 12.6 Å². The van der Waals surface area contributed by atoms with Crippen molar-refractivity contribution in [1.82, 2.24) is 4.90 Å². The molecule has 1 atom stereocenters. The number of amides is 1. The molecule has 0 aromatic heterocycles. The molecule has 1 aliphatic heterocycles. The second-order valence-electron chi connectivity index (χ2n) is 8.99. The lowest BCUT2D eigenvalue weighted by Gasteiger charge is -2.37. The predicted molar refractivity (Wildman–Crippen MR) is 143 cm³/mol. The summed E-state index contributed by atoms with van der Waals surface area (Å²) in [6.45, 7) is 0.300. The molecule has 3 aromatic rings. The van der Waals surface area contributed by atoms with Gasteiger partial charge >= 0.3 is 6.18 Å². The number of alkyl halides is 3. The first-order valence-corrected chi connectivity index (χ1v) is 12.4. The average molecular weight is 558 g/mol. The first-order chi connectivity index (χ1) is 19.2. The van der Waals surface area contributed by atoms with Crippen LogP contribution in [0.4, 0.5) is 13.2 Å². The zero-order chi connectivity index (χ0) is 28.9. The number of halogens is 3. The molecule has 0 N–H and O–H groups in total. The number of ether oxygens (including phenoxy) is 5. The molecule has 0 saturated heterocycles. The summed E-state index contributed by atoms with van der Waals surface area (Å²) in [5.74, 6) is 1.88. The Morgan fingerprint density at radius 2 is 1.57 bits per heavy atom. The van der Waals surface area contributed by atoms with Gasteiger partial charge in [-0.25, -0.2) is 0 Å². The van der Waals surface area contributed by atoms with Crippen LogP contribution in [0.3, 0.4) is 0 Å². The SMILES string of the molecule is COc1ccc(/C=C/C(=O)N2CCc3cc(OC)c(OC)cc3C2COc2cccc(C(F)(F)F)c2)cc1OC. The molecule has 40 heavy (non-hydrogen) atoms. The van der Waals surface area contributed by atoms with E-state index in [1.54, 1.807) is 35.2 Å². The highest BCUT2D eigenvalue weighted by Crippen LogP contribution is 2.39. The molecule has 3 aromatic carbocycles. The highest BCUT2D eigenvalue weighted by atomic mass is 19.4. The van der Waals surface area contributed by atoms with E-state index in [-0.39, 0.29) is 18.3 Å². The maximum atomic E-state index is 13.5. The van der Waals surface area contributed by atoms with Crippen LogP contribution in [-0.2, 0) is 17.4 Å². The van der Waals surface area contributed by atoms with Gasteiger partial charge in [0.1, 0.15) is 12.4 Å². The normalized spacial score (nSPS) is 15.0. The van der Waals surface area contributed by atoms with Crippen LogP contribution in [-0.4, -0.2) is 52.4 Å². The van der Waals surface area contributed by atoms with Gasteiger partial charge in [-0.15, -0.1) is 0 Å². The average Bonchev–Trinajstić information content (AvgIpc) is 2.97. The number of nitrogens with zero attached hydrogens (tertiary/aromatic N) is 1. The minimum absolute atomic E-state index is 0.0516. The lowest BCUT2D eigenvalue weighted by atomic mass is 9.92. The minimum Gasteiger partial charge on any atom is -0.493 e. The van der Waals surface area contributed by atoms with Crippen molar-refractivity contribution in [2.45, 2.75) is 18.6 Å². The monoisotopic (exact) mass is 557 g/mol. The Bertz CT molecular complexity index is 1390. The van der Waals surface area contributed by atoms with E-state index in [4.69, 9.17) is 23.7 Å². The molecule has 4 rings (SSSR count). The lowest BCUT2D eigenvalue weighted by Crippen LogP contribution is -2.41. The second kappa shape index (κ2) is 12.2. The summed E-state index contributed by atoms with van der Waals surface area (Å²) >= 11 is 0. The smallest absolute Gasteiger partial charge is 0.416 e. The van der Waals surface area contributed by atoms with Crippen LogP contribution in [0.25, 0.3) is 6.08 Å². The van der Waals surface area contributed by atoms with Crippen molar-refractivity contribution >= 4 is 12.0 Å². The molecule has 212 valence electrons. The molecule has 0 spiro atoms. The number of methoxy groups -OCH3 is 4. The van der Waals surface area contributed by atoms with Gasteiger partial charge < -0.3 is 28.6 Å². The quantitative estimate of drug-likeness (QED) is 0.303. The van der Waals surface area contributed by atoms with Gasteiger partial charge in [0.2, 0.25) is 5.91 Å². The van der Waals surface area contributed by atoms with Crippen LogP contribution in [0.2, 0.25) is 0 Å². The Labute approximate surface area is 230 Å². The van der Waals surface area contributed by atoms with Crippen molar-refractivity contribution in [3.8, 4) is 28.7 Å². The Kier molecular flexibility index (Phi) is 8.77. The van der Waals surface area contributed by atoms with Crippen LogP contribution in [0.15, 0.2) is 60.7 Å². The molecule has 0 fully saturated rings. The van der Waals surface area contributed by atoms with Crippen molar-refractivity contribution in [3.63, 3.8) is 0 Å². The van der Waals surface area contributed by atoms with E-state index in [9.17, 15) is 18.0 Å². The number of hydrogen-bond acceptors (Lipinski definition) is 6. The molecule has 7 nitrogen and oxygen atoms in total. The highest BCUT2D eigenvalue weighted by Gasteiger charge is 2.33. The van der Waals surface area contributed by atoms with Crippen LogP contribution >= 0.6 is 0 Å². The summed E-state index contributed by atoms with van der Waals surface area (Å²) in [5, 5.41) is 0. The summed E-state index contributed by atoms with van der Waals surface area (Å²) in [6, 6.07) is 13.0. The fourth-order valence-electron chi connectivity index (χ4n) is 4.63. The molecule has 1 unspecified atom stereocenters. The zero-order valence-electron chi connectivity index (χ0n) is 22.6. The van der Waals surface area contributed by atoms with Crippen molar-refractivity contribution in [2.75, 3.05) is 41.6 Å². The summed E-state index contributed by atoms with van der Waals surface area (Å²) in [5.41, 5.74) is 1.62. The van der Waals surface area contributed by atoms with Crippen LogP contribution in [0, 0.1) is 0 Å². The largest absolute Gasteiger partial charge is 0.493 e. The third-order valence-electron chi connectivity index (χ3n) is 6.68. The fraction of sp³-hybridized carbons (Fsp3) is 0.300.